The van der Waals surface area contributed by atoms with Crippen LogP contribution in [0.5, 0.6) is 5.75 Å². The average Bonchev–Trinajstić information content (AvgIpc) is 3.43. The minimum absolute atomic E-state index is 0. The molecule has 0 fully saturated rings. The molecule has 2 heterocycles. The standard InChI is InChI=1S/C40H34N3O.Pt/c1-25(2)29-19-12-20-30(26(3)4)39(29)43-35-22-13-21-33(38(35)42-40(43)32-18-10-11-23-36(32)44)37-31-17-9-8-16-28(31)24-34(41-37)27-14-6-5-7-15-27;/h5-14,16-26,44H,1-4H3;/q-1;. The van der Waals surface area contributed by atoms with E-state index in [9.17, 15) is 5.11 Å². The molecule has 5 aromatic carbocycles. The number of benzene rings is 5. The minimum Gasteiger partial charge on any atom is -0.507 e. The number of phenols is 1. The quantitative estimate of drug-likeness (QED) is 0.172. The largest absolute Gasteiger partial charge is 0.507 e. The van der Waals surface area contributed by atoms with Crippen molar-refractivity contribution >= 4 is 21.8 Å². The second-order valence-electron chi connectivity index (χ2n) is 11.9. The Morgan fingerprint density at radius 3 is 2.07 bits per heavy atom. The van der Waals surface area contributed by atoms with Gasteiger partial charge in [-0.3, -0.25) is 9.55 Å². The van der Waals surface area contributed by atoms with E-state index in [1.165, 1.54) is 11.1 Å². The van der Waals surface area contributed by atoms with Gasteiger partial charge in [0.25, 0.3) is 0 Å². The number of rotatable bonds is 6. The fraction of sp³-hybridized carbons (Fsp3) is 0.150. The first kappa shape index (κ1) is 30.5. The Bertz CT molecular complexity index is 2120. The van der Waals surface area contributed by atoms with Gasteiger partial charge in [-0.2, -0.15) is 0 Å². The molecule has 7 rings (SSSR count). The molecule has 0 aliphatic heterocycles. The zero-order valence-corrected chi connectivity index (χ0v) is 28.0. The molecule has 0 amide bonds. The van der Waals surface area contributed by atoms with Crippen molar-refractivity contribution in [1.82, 2.24) is 14.5 Å². The smallest absolute Gasteiger partial charge is 0.149 e. The molecular weight excluding hydrogens is 734 g/mol. The normalized spacial score (nSPS) is 11.4. The fourth-order valence-corrected chi connectivity index (χ4v) is 6.22. The van der Waals surface area contributed by atoms with Gasteiger partial charge in [0.1, 0.15) is 11.6 Å². The average molecular weight is 768 g/mol. The maximum absolute atomic E-state index is 11.1. The summed E-state index contributed by atoms with van der Waals surface area (Å²) in [5.41, 5.74) is 9.73. The van der Waals surface area contributed by atoms with Gasteiger partial charge in [-0.05, 0) is 52.2 Å². The molecular formula is C40H34N3OPt-. The van der Waals surface area contributed by atoms with Crippen molar-refractivity contribution in [3.63, 3.8) is 0 Å². The van der Waals surface area contributed by atoms with Crippen LogP contribution in [0.2, 0.25) is 0 Å². The number of imidazole rings is 1. The summed E-state index contributed by atoms with van der Waals surface area (Å²) in [5.74, 6) is 1.47. The van der Waals surface area contributed by atoms with Crippen molar-refractivity contribution < 1.29 is 26.2 Å². The number of aromatic hydroxyl groups is 1. The Morgan fingerprint density at radius 2 is 1.36 bits per heavy atom. The van der Waals surface area contributed by atoms with Crippen LogP contribution in [-0.2, 0) is 21.1 Å². The van der Waals surface area contributed by atoms with Crippen molar-refractivity contribution in [1.29, 1.82) is 0 Å². The molecule has 0 saturated heterocycles. The van der Waals surface area contributed by atoms with Gasteiger partial charge in [-0.1, -0.05) is 100 Å². The van der Waals surface area contributed by atoms with Crippen LogP contribution < -0.4 is 0 Å². The van der Waals surface area contributed by atoms with E-state index in [-0.39, 0.29) is 38.7 Å². The molecule has 1 N–H and O–H groups in total. The SMILES string of the molecule is CC(C)c1cccc(C(C)C)c1-n1c(-c2ccccc2O)nc2c(-c3nc(-c4[c-]cccc4)cc4ccccc34)cccc21.[Pt]. The molecule has 0 aliphatic rings. The van der Waals surface area contributed by atoms with Gasteiger partial charge in [0.05, 0.1) is 28.0 Å². The maximum atomic E-state index is 11.1. The summed E-state index contributed by atoms with van der Waals surface area (Å²) in [6.45, 7) is 8.93. The third kappa shape index (κ3) is 5.38. The monoisotopic (exact) mass is 767 g/mol. The number of fused-ring (bicyclic) bond motifs is 2. The summed E-state index contributed by atoms with van der Waals surface area (Å²) in [7, 11) is 0. The number of hydrogen-bond acceptors (Lipinski definition) is 3. The van der Waals surface area contributed by atoms with Crippen LogP contribution in [0, 0.1) is 6.07 Å². The zero-order valence-electron chi connectivity index (χ0n) is 25.7. The van der Waals surface area contributed by atoms with Crippen LogP contribution in [0.15, 0.2) is 115 Å². The summed E-state index contributed by atoms with van der Waals surface area (Å²) in [5, 5.41) is 13.3. The predicted octanol–water partition coefficient (Wildman–Crippen LogP) is 10.3. The molecule has 0 saturated carbocycles. The van der Waals surface area contributed by atoms with Gasteiger partial charge >= 0.3 is 0 Å². The van der Waals surface area contributed by atoms with Crippen LogP contribution in [0.4, 0.5) is 0 Å². The summed E-state index contributed by atoms with van der Waals surface area (Å²) in [4.78, 5) is 10.6. The van der Waals surface area contributed by atoms with E-state index >= 15 is 0 Å². The van der Waals surface area contributed by atoms with E-state index in [1.807, 2.05) is 42.5 Å². The Hall–Kier alpha value is -4.53. The minimum atomic E-state index is 0. The van der Waals surface area contributed by atoms with Crippen LogP contribution >= 0.6 is 0 Å². The van der Waals surface area contributed by atoms with Crippen molar-refractivity contribution in [2.45, 2.75) is 39.5 Å². The van der Waals surface area contributed by atoms with Crippen molar-refractivity contribution in [3.8, 4) is 45.3 Å². The van der Waals surface area contributed by atoms with Gasteiger partial charge < -0.3 is 5.11 Å². The van der Waals surface area contributed by atoms with Crippen LogP contribution in [0.25, 0.3) is 61.4 Å². The van der Waals surface area contributed by atoms with Crippen molar-refractivity contribution in [2.24, 2.45) is 0 Å². The molecule has 2 aromatic heterocycles. The molecule has 0 atom stereocenters. The number of pyridine rings is 1. The second-order valence-corrected chi connectivity index (χ2v) is 11.9. The number of para-hydroxylation sites is 3. The number of aromatic nitrogens is 3. The molecule has 0 spiro atoms. The molecule has 7 aromatic rings. The first-order valence-corrected chi connectivity index (χ1v) is 15.2. The molecule has 0 radical (unpaired) electrons. The van der Waals surface area contributed by atoms with Crippen LogP contribution in [0.1, 0.15) is 50.7 Å². The second kappa shape index (κ2) is 12.5. The Morgan fingerprint density at radius 1 is 0.689 bits per heavy atom. The molecule has 0 bridgehead atoms. The van der Waals surface area contributed by atoms with Crippen molar-refractivity contribution in [2.75, 3.05) is 0 Å². The topological polar surface area (TPSA) is 50.9 Å². The van der Waals surface area contributed by atoms with Crippen LogP contribution in [-0.4, -0.2) is 19.6 Å². The van der Waals surface area contributed by atoms with E-state index in [0.29, 0.717) is 11.4 Å². The fourth-order valence-electron chi connectivity index (χ4n) is 6.22. The number of phenolic OH excluding ortho intramolecular Hbond substituents is 1. The predicted molar refractivity (Wildman–Crippen MR) is 181 cm³/mol. The first-order valence-electron chi connectivity index (χ1n) is 15.2. The molecule has 0 aliphatic carbocycles. The van der Waals surface area contributed by atoms with E-state index in [0.717, 1.165) is 50.0 Å². The molecule has 0 unspecified atom stereocenters. The summed E-state index contributed by atoms with van der Waals surface area (Å²) in [6, 6.07) is 42.2. The third-order valence-corrected chi connectivity index (χ3v) is 8.38. The zero-order chi connectivity index (χ0) is 30.4. The van der Waals surface area contributed by atoms with E-state index in [1.54, 1.807) is 6.07 Å². The van der Waals surface area contributed by atoms with Crippen LogP contribution in [0.3, 0.4) is 0 Å². The Kier molecular flexibility index (Phi) is 8.44. The summed E-state index contributed by atoms with van der Waals surface area (Å²) in [6.07, 6.45) is 0. The third-order valence-electron chi connectivity index (χ3n) is 8.38. The molecule has 226 valence electrons. The summed E-state index contributed by atoms with van der Waals surface area (Å²) < 4.78 is 2.26. The van der Waals surface area contributed by atoms with E-state index in [4.69, 9.17) is 9.97 Å². The van der Waals surface area contributed by atoms with Gasteiger partial charge in [0.2, 0.25) is 0 Å². The maximum Gasteiger partial charge on any atom is 0.149 e. The molecule has 4 nitrogen and oxygen atoms in total. The molecule has 45 heavy (non-hydrogen) atoms. The Labute approximate surface area is 278 Å². The van der Waals surface area contributed by atoms with E-state index in [2.05, 4.69) is 105 Å². The first-order chi connectivity index (χ1) is 21.4. The van der Waals surface area contributed by atoms with Gasteiger partial charge in [0.15, 0.2) is 0 Å². The van der Waals surface area contributed by atoms with E-state index < -0.39 is 0 Å². The number of nitrogens with zero attached hydrogens (tertiary/aromatic N) is 3. The Balaban J connectivity index is 0.00000357. The van der Waals surface area contributed by atoms with Gasteiger partial charge in [-0.25, -0.2) is 4.98 Å². The van der Waals surface area contributed by atoms with Gasteiger partial charge in [-0.15, -0.1) is 35.9 Å². The number of hydrogen-bond donors (Lipinski definition) is 1. The molecule has 5 heteroatoms. The van der Waals surface area contributed by atoms with Crippen molar-refractivity contribution in [3.05, 3.63) is 132 Å². The van der Waals surface area contributed by atoms with Gasteiger partial charge in [0, 0.05) is 32.0 Å². The summed E-state index contributed by atoms with van der Waals surface area (Å²) >= 11 is 0.